The maximum atomic E-state index is 11.9. The molecule has 1 amide bonds. The number of anilines is 1. The molecular formula is C15H17NO3. The van der Waals surface area contributed by atoms with Crippen LogP contribution >= 0.6 is 0 Å². The lowest BCUT2D eigenvalue weighted by Gasteiger charge is -2.24. The summed E-state index contributed by atoms with van der Waals surface area (Å²) in [7, 11) is 1.56. The topological polar surface area (TPSA) is 58.6 Å². The predicted octanol–water partition coefficient (Wildman–Crippen LogP) is 1.78. The maximum Gasteiger partial charge on any atom is 0.227 e. The van der Waals surface area contributed by atoms with E-state index in [0.29, 0.717) is 11.4 Å². The van der Waals surface area contributed by atoms with Crippen LogP contribution in [0.4, 0.5) is 5.69 Å². The SMILES string of the molecule is COc1ccc(C#CCO)cc1NC(=O)C1CCC1. The molecule has 100 valence electrons. The van der Waals surface area contributed by atoms with Gasteiger partial charge in [0.05, 0.1) is 12.8 Å². The highest BCUT2D eigenvalue weighted by Gasteiger charge is 2.25. The summed E-state index contributed by atoms with van der Waals surface area (Å²) in [6.45, 7) is -0.185. The molecule has 0 saturated heterocycles. The zero-order valence-electron chi connectivity index (χ0n) is 10.9. The minimum absolute atomic E-state index is 0.0387. The first-order valence-electron chi connectivity index (χ1n) is 6.33. The molecular weight excluding hydrogens is 242 g/mol. The average Bonchev–Trinajstić information content (AvgIpc) is 2.34. The molecule has 1 aromatic carbocycles. The second-order valence-electron chi connectivity index (χ2n) is 4.49. The third-order valence-corrected chi connectivity index (χ3v) is 3.25. The molecule has 0 aromatic heterocycles. The van der Waals surface area contributed by atoms with Crippen LogP contribution in [0.15, 0.2) is 18.2 Å². The van der Waals surface area contributed by atoms with Crippen molar-refractivity contribution in [3.63, 3.8) is 0 Å². The number of rotatable bonds is 3. The van der Waals surface area contributed by atoms with E-state index >= 15 is 0 Å². The van der Waals surface area contributed by atoms with Gasteiger partial charge in [-0.05, 0) is 31.0 Å². The highest BCUT2D eigenvalue weighted by Crippen LogP contribution is 2.30. The Labute approximate surface area is 112 Å². The lowest BCUT2D eigenvalue weighted by Crippen LogP contribution is -2.28. The molecule has 0 heterocycles. The molecule has 2 rings (SSSR count). The minimum atomic E-state index is -0.185. The van der Waals surface area contributed by atoms with Crippen molar-refractivity contribution in [1.29, 1.82) is 0 Å². The van der Waals surface area contributed by atoms with Crippen molar-refractivity contribution < 1.29 is 14.6 Å². The third-order valence-electron chi connectivity index (χ3n) is 3.25. The molecule has 1 aliphatic carbocycles. The Bertz CT molecular complexity index is 524. The van der Waals surface area contributed by atoms with Gasteiger partial charge >= 0.3 is 0 Å². The van der Waals surface area contributed by atoms with Gasteiger partial charge < -0.3 is 15.2 Å². The van der Waals surface area contributed by atoms with E-state index < -0.39 is 0 Å². The number of methoxy groups -OCH3 is 1. The van der Waals surface area contributed by atoms with E-state index in [2.05, 4.69) is 17.2 Å². The number of ether oxygens (including phenoxy) is 1. The van der Waals surface area contributed by atoms with Crippen molar-refractivity contribution >= 4 is 11.6 Å². The maximum absolute atomic E-state index is 11.9. The largest absolute Gasteiger partial charge is 0.495 e. The second kappa shape index (κ2) is 6.26. The van der Waals surface area contributed by atoms with Crippen LogP contribution < -0.4 is 10.1 Å². The molecule has 2 N–H and O–H groups in total. The number of hydrogen-bond acceptors (Lipinski definition) is 3. The number of hydrogen-bond donors (Lipinski definition) is 2. The fourth-order valence-electron chi connectivity index (χ4n) is 1.93. The Hall–Kier alpha value is -1.99. The van der Waals surface area contributed by atoms with Crippen molar-refractivity contribution in [1.82, 2.24) is 0 Å². The standard InChI is InChI=1S/C15H17NO3/c1-19-14-8-7-11(4-3-9-17)10-13(14)16-15(18)12-5-2-6-12/h7-8,10,12,17H,2,5-6,9H2,1H3,(H,16,18). The van der Waals surface area contributed by atoms with E-state index in [1.165, 1.54) is 0 Å². The van der Waals surface area contributed by atoms with Crippen LogP contribution in [-0.2, 0) is 4.79 Å². The quantitative estimate of drug-likeness (QED) is 0.813. The Kier molecular flexibility index (Phi) is 4.43. The van der Waals surface area contributed by atoms with E-state index in [0.717, 1.165) is 24.8 Å². The van der Waals surface area contributed by atoms with Gasteiger partial charge in [0.15, 0.2) is 0 Å². The van der Waals surface area contributed by atoms with Gasteiger partial charge in [-0.1, -0.05) is 18.3 Å². The van der Waals surface area contributed by atoms with Gasteiger partial charge in [-0.2, -0.15) is 0 Å². The van der Waals surface area contributed by atoms with Crippen molar-refractivity contribution in [3.8, 4) is 17.6 Å². The number of carbonyl (C=O) groups is 1. The lowest BCUT2D eigenvalue weighted by molar-refractivity contribution is -0.122. The summed E-state index contributed by atoms with van der Waals surface area (Å²) in [6.07, 6.45) is 3.04. The zero-order valence-corrected chi connectivity index (χ0v) is 10.9. The average molecular weight is 259 g/mol. The Balaban J connectivity index is 2.17. The van der Waals surface area contributed by atoms with E-state index in [9.17, 15) is 4.79 Å². The molecule has 4 heteroatoms. The second-order valence-corrected chi connectivity index (χ2v) is 4.49. The fourth-order valence-corrected chi connectivity index (χ4v) is 1.93. The van der Waals surface area contributed by atoms with Crippen molar-refractivity contribution in [2.45, 2.75) is 19.3 Å². The van der Waals surface area contributed by atoms with Gasteiger partial charge in [0, 0.05) is 11.5 Å². The van der Waals surface area contributed by atoms with Crippen LogP contribution in [0.25, 0.3) is 0 Å². The lowest BCUT2D eigenvalue weighted by atomic mass is 9.85. The first kappa shape index (κ1) is 13.4. The van der Waals surface area contributed by atoms with Gasteiger partial charge in [-0.3, -0.25) is 4.79 Å². The zero-order chi connectivity index (χ0) is 13.7. The van der Waals surface area contributed by atoms with Crippen molar-refractivity contribution in [3.05, 3.63) is 23.8 Å². The van der Waals surface area contributed by atoms with E-state index in [4.69, 9.17) is 9.84 Å². The summed E-state index contributed by atoms with van der Waals surface area (Å²) in [5, 5.41) is 11.6. The van der Waals surface area contributed by atoms with Gasteiger partial charge in [0.2, 0.25) is 5.91 Å². The molecule has 4 nitrogen and oxygen atoms in total. The molecule has 0 unspecified atom stereocenters. The molecule has 1 aliphatic rings. The van der Waals surface area contributed by atoms with E-state index in [-0.39, 0.29) is 18.4 Å². The molecule has 0 spiro atoms. The Morgan fingerprint density at radius 3 is 2.89 bits per heavy atom. The number of nitrogens with one attached hydrogen (secondary N) is 1. The molecule has 1 fully saturated rings. The molecule has 1 aromatic rings. The molecule has 19 heavy (non-hydrogen) atoms. The monoisotopic (exact) mass is 259 g/mol. The predicted molar refractivity (Wildman–Crippen MR) is 72.9 cm³/mol. The van der Waals surface area contributed by atoms with E-state index in [1.807, 2.05) is 0 Å². The van der Waals surface area contributed by atoms with Crippen LogP contribution in [0.5, 0.6) is 5.75 Å². The first-order valence-corrected chi connectivity index (χ1v) is 6.33. The highest BCUT2D eigenvalue weighted by atomic mass is 16.5. The van der Waals surface area contributed by atoms with Crippen molar-refractivity contribution in [2.75, 3.05) is 19.0 Å². The normalized spacial score (nSPS) is 14.0. The van der Waals surface area contributed by atoms with Crippen LogP contribution in [0.2, 0.25) is 0 Å². The molecule has 0 bridgehead atoms. The van der Waals surface area contributed by atoms with Crippen molar-refractivity contribution in [2.24, 2.45) is 5.92 Å². The van der Waals surface area contributed by atoms with Gasteiger partial charge in [0.25, 0.3) is 0 Å². The van der Waals surface area contributed by atoms with Crippen LogP contribution in [0.1, 0.15) is 24.8 Å². The van der Waals surface area contributed by atoms with Crippen LogP contribution in [0, 0.1) is 17.8 Å². The van der Waals surface area contributed by atoms with E-state index in [1.54, 1.807) is 25.3 Å². The number of aliphatic hydroxyl groups excluding tert-OH is 1. The summed E-state index contributed by atoms with van der Waals surface area (Å²) in [6, 6.07) is 5.32. The molecule has 0 atom stereocenters. The summed E-state index contributed by atoms with van der Waals surface area (Å²) < 4.78 is 5.22. The Morgan fingerprint density at radius 1 is 1.53 bits per heavy atom. The minimum Gasteiger partial charge on any atom is -0.495 e. The summed E-state index contributed by atoms with van der Waals surface area (Å²) in [4.78, 5) is 11.9. The fraction of sp³-hybridized carbons (Fsp3) is 0.400. The third kappa shape index (κ3) is 3.27. The molecule has 0 radical (unpaired) electrons. The van der Waals surface area contributed by atoms with Gasteiger partial charge in [-0.25, -0.2) is 0 Å². The highest BCUT2D eigenvalue weighted by molar-refractivity contribution is 5.94. The summed E-state index contributed by atoms with van der Waals surface area (Å²) >= 11 is 0. The molecule has 0 aliphatic heterocycles. The number of amides is 1. The number of benzene rings is 1. The van der Waals surface area contributed by atoms with Gasteiger partial charge in [-0.15, -0.1) is 0 Å². The smallest absolute Gasteiger partial charge is 0.227 e. The summed E-state index contributed by atoms with van der Waals surface area (Å²) in [5.41, 5.74) is 1.36. The molecule has 1 saturated carbocycles. The first-order chi connectivity index (χ1) is 9.24. The Morgan fingerprint density at radius 2 is 2.32 bits per heavy atom. The number of carbonyl (C=O) groups excluding carboxylic acids is 1. The summed E-state index contributed by atoms with van der Waals surface area (Å²) in [5.74, 6) is 6.16. The van der Waals surface area contributed by atoms with Crippen LogP contribution in [-0.4, -0.2) is 24.7 Å². The van der Waals surface area contributed by atoms with Gasteiger partial charge in [0.1, 0.15) is 12.4 Å². The number of aliphatic hydroxyl groups is 1. The van der Waals surface area contributed by atoms with Crippen LogP contribution in [0.3, 0.4) is 0 Å².